The third-order valence-corrected chi connectivity index (χ3v) is 2.09. The number of hydrogen-bond acceptors (Lipinski definition) is 2. The number of rotatable bonds is 2. The number of carbonyl (C=O) groups is 1. The highest BCUT2D eigenvalue weighted by Crippen LogP contribution is 2.33. The highest BCUT2D eigenvalue weighted by molar-refractivity contribution is 5.69. The van der Waals surface area contributed by atoms with Crippen LogP contribution in [0.25, 0.3) is 0 Å². The molecule has 0 aliphatic carbocycles. The molecule has 0 bridgehead atoms. The van der Waals surface area contributed by atoms with Crippen molar-refractivity contribution in [2.24, 2.45) is 5.92 Å². The number of nitrogens with zero attached hydrogens (tertiary/aromatic N) is 1. The van der Waals surface area contributed by atoms with Gasteiger partial charge in [-0.25, -0.2) is 0 Å². The third-order valence-electron chi connectivity index (χ3n) is 2.09. The summed E-state index contributed by atoms with van der Waals surface area (Å²) < 4.78 is 36.3. The van der Waals surface area contributed by atoms with E-state index in [4.69, 9.17) is 5.11 Å². The van der Waals surface area contributed by atoms with Gasteiger partial charge in [-0.1, -0.05) is 0 Å². The topological polar surface area (TPSA) is 40.5 Å². The molecule has 0 aromatic heterocycles. The molecule has 1 heterocycles. The summed E-state index contributed by atoms with van der Waals surface area (Å²) in [5.74, 6) is -2.44. The van der Waals surface area contributed by atoms with Crippen LogP contribution in [0.2, 0.25) is 0 Å². The van der Waals surface area contributed by atoms with Gasteiger partial charge in [0.05, 0.1) is 12.5 Å². The summed E-state index contributed by atoms with van der Waals surface area (Å²) in [6.07, 6.45) is -4.18. The van der Waals surface area contributed by atoms with Crippen LogP contribution in [0.4, 0.5) is 13.2 Å². The minimum atomic E-state index is -4.19. The van der Waals surface area contributed by atoms with Gasteiger partial charge in [-0.2, -0.15) is 13.2 Å². The van der Waals surface area contributed by atoms with Gasteiger partial charge >= 0.3 is 12.1 Å². The zero-order chi connectivity index (χ0) is 10.1. The SMILES string of the molecule is O=C(O)CN1CC[C@H](C(F)(F)F)C1. The van der Waals surface area contributed by atoms with Crippen molar-refractivity contribution in [3.63, 3.8) is 0 Å². The quantitative estimate of drug-likeness (QED) is 0.716. The maximum atomic E-state index is 12.1. The number of halogens is 3. The van der Waals surface area contributed by atoms with Crippen LogP contribution in [0.1, 0.15) is 6.42 Å². The lowest BCUT2D eigenvalue weighted by Gasteiger charge is -2.15. The van der Waals surface area contributed by atoms with E-state index in [0.29, 0.717) is 0 Å². The van der Waals surface area contributed by atoms with E-state index in [0.717, 1.165) is 0 Å². The average molecular weight is 197 g/mol. The Morgan fingerprint density at radius 3 is 2.54 bits per heavy atom. The van der Waals surface area contributed by atoms with E-state index in [1.165, 1.54) is 4.90 Å². The zero-order valence-electron chi connectivity index (χ0n) is 6.84. The molecule has 0 saturated carbocycles. The van der Waals surface area contributed by atoms with E-state index in [-0.39, 0.29) is 26.1 Å². The van der Waals surface area contributed by atoms with E-state index in [1.54, 1.807) is 0 Å². The van der Waals surface area contributed by atoms with Crippen molar-refractivity contribution >= 4 is 5.97 Å². The van der Waals surface area contributed by atoms with Gasteiger partial charge in [0, 0.05) is 6.54 Å². The predicted octanol–water partition coefficient (Wildman–Crippen LogP) is 0.955. The first kappa shape index (κ1) is 10.3. The first-order valence-electron chi connectivity index (χ1n) is 3.90. The lowest BCUT2D eigenvalue weighted by atomic mass is 10.1. The molecule has 1 aliphatic heterocycles. The molecule has 1 atom stereocenters. The first-order valence-corrected chi connectivity index (χ1v) is 3.90. The molecule has 0 spiro atoms. The van der Waals surface area contributed by atoms with E-state index < -0.39 is 18.1 Å². The zero-order valence-corrected chi connectivity index (χ0v) is 6.84. The van der Waals surface area contributed by atoms with Crippen LogP contribution in [0, 0.1) is 5.92 Å². The second-order valence-electron chi connectivity index (χ2n) is 3.16. The fourth-order valence-corrected chi connectivity index (χ4v) is 1.43. The van der Waals surface area contributed by atoms with Crippen LogP contribution in [0.15, 0.2) is 0 Å². The standard InChI is InChI=1S/C7H10F3NO2/c8-7(9,10)5-1-2-11(3-5)4-6(12)13/h5H,1-4H2,(H,12,13)/t5-/m0/s1. The Morgan fingerprint density at radius 2 is 2.15 bits per heavy atom. The molecule has 0 aromatic rings. The van der Waals surface area contributed by atoms with Crippen molar-refractivity contribution in [1.82, 2.24) is 4.90 Å². The molecule has 1 N–H and O–H groups in total. The van der Waals surface area contributed by atoms with E-state index in [1.807, 2.05) is 0 Å². The molecule has 1 saturated heterocycles. The average Bonchev–Trinajstić information content (AvgIpc) is 2.32. The highest BCUT2D eigenvalue weighted by Gasteiger charge is 2.43. The molecule has 13 heavy (non-hydrogen) atoms. The maximum absolute atomic E-state index is 12.1. The smallest absolute Gasteiger partial charge is 0.393 e. The van der Waals surface area contributed by atoms with Gasteiger partial charge in [-0.15, -0.1) is 0 Å². The van der Waals surface area contributed by atoms with Gasteiger partial charge in [0.2, 0.25) is 0 Å². The van der Waals surface area contributed by atoms with Crippen molar-refractivity contribution in [3.8, 4) is 0 Å². The Hall–Kier alpha value is -0.780. The number of hydrogen-bond donors (Lipinski definition) is 1. The lowest BCUT2D eigenvalue weighted by Crippen LogP contribution is -2.30. The van der Waals surface area contributed by atoms with Crippen LogP contribution in [-0.4, -0.2) is 41.8 Å². The van der Waals surface area contributed by atoms with Gasteiger partial charge in [0.15, 0.2) is 0 Å². The highest BCUT2D eigenvalue weighted by atomic mass is 19.4. The van der Waals surface area contributed by atoms with E-state index in [2.05, 4.69) is 0 Å². The summed E-state index contributed by atoms with van der Waals surface area (Å²) in [6, 6.07) is 0. The fourth-order valence-electron chi connectivity index (χ4n) is 1.43. The predicted molar refractivity (Wildman–Crippen MR) is 38.2 cm³/mol. The molecule has 76 valence electrons. The second-order valence-corrected chi connectivity index (χ2v) is 3.16. The molecular formula is C7H10F3NO2. The lowest BCUT2D eigenvalue weighted by molar-refractivity contribution is -0.171. The van der Waals surface area contributed by atoms with Crippen LogP contribution >= 0.6 is 0 Å². The number of carboxylic acid groups (broad SMARTS) is 1. The van der Waals surface area contributed by atoms with E-state index >= 15 is 0 Å². The molecule has 1 aliphatic rings. The van der Waals surface area contributed by atoms with E-state index in [9.17, 15) is 18.0 Å². The number of aliphatic carboxylic acids is 1. The second kappa shape index (κ2) is 3.53. The molecule has 0 radical (unpaired) electrons. The Labute approximate surface area is 73.1 Å². The summed E-state index contributed by atoms with van der Waals surface area (Å²) >= 11 is 0. The van der Waals surface area contributed by atoms with Crippen LogP contribution in [0.5, 0.6) is 0 Å². The van der Waals surface area contributed by atoms with Gasteiger partial charge in [0.1, 0.15) is 0 Å². The number of alkyl halides is 3. The fraction of sp³-hybridized carbons (Fsp3) is 0.857. The van der Waals surface area contributed by atoms with Gasteiger partial charge in [-0.3, -0.25) is 9.69 Å². The largest absolute Gasteiger partial charge is 0.480 e. The van der Waals surface area contributed by atoms with Gasteiger partial charge in [-0.05, 0) is 13.0 Å². The monoisotopic (exact) mass is 197 g/mol. The van der Waals surface area contributed by atoms with Gasteiger partial charge in [0.25, 0.3) is 0 Å². The van der Waals surface area contributed by atoms with Crippen LogP contribution < -0.4 is 0 Å². The number of carboxylic acids is 1. The Bertz CT molecular complexity index is 204. The summed E-state index contributed by atoms with van der Waals surface area (Å²) in [7, 11) is 0. The summed E-state index contributed by atoms with van der Waals surface area (Å²) in [6.45, 7) is -0.265. The van der Waals surface area contributed by atoms with Crippen LogP contribution in [0.3, 0.4) is 0 Å². The Morgan fingerprint density at radius 1 is 1.54 bits per heavy atom. The summed E-state index contributed by atoms with van der Waals surface area (Å²) in [4.78, 5) is 11.5. The van der Waals surface area contributed by atoms with Crippen molar-refractivity contribution in [2.75, 3.05) is 19.6 Å². The Kier molecular flexibility index (Phi) is 2.80. The van der Waals surface area contributed by atoms with Crippen molar-refractivity contribution in [3.05, 3.63) is 0 Å². The molecule has 1 fully saturated rings. The summed E-state index contributed by atoms with van der Waals surface area (Å²) in [5.41, 5.74) is 0. The molecule has 6 heteroatoms. The Balaban J connectivity index is 2.41. The first-order chi connectivity index (χ1) is 5.89. The molecule has 3 nitrogen and oxygen atoms in total. The molecule has 0 amide bonds. The molecule has 1 rings (SSSR count). The van der Waals surface area contributed by atoms with Crippen molar-refractivity contribution in [2.45, 2.75) is 12.6 Å². The normalized spacial score (nSPS) is 25.0. The van der Waals surface area contributed by atoms with Crippen LogP contribution in [-0.2, 0) is 4.79 Å². The van der Waals surface area contributed by atoms with Gasteiger partial charge < -0.3 is 5.11 Å². The molecule has 0 unspecified atom stereocenters. The third kappa shape index (κ3) is 2.87. The minimum absolute atomic E-state index is 0.0107. The number of likely N-dealkylation sites (tertiary alicyclic amines) is 1. The summed E-state index contributed by atoms with van der Waals surface area (Å²) in [5, 5.41) is 8.34. The molecule has 0 aromatic carbocycles. The minimum Gasteiger partial charge on any atom is -0.480 e. The maximum Gasteiger partial charge on any atom is 0.393 e. The van der Waals surface area contributed by atoms with Crippen molar-refractivity contribution in [1.29, 1.82) is 0 Å². The van der Waals surface area contributed by atoms with Crippen molar-refractivity contribution < 1.29 is 23.1 Å². The molecular weight excluding hydrogens is 187 g/mol.